The first kappa shape index (κ1) is 18.0. The topological polar surface area (TPSA) is 36.5 Å². The fourth-order valence-corrected chi connectivity index (χ4v) is 5.57. The minimum atomic E-state index is -4.13. The molecule has 0 bridgehead atoms. The first-order valence-electron chi connectivity index (χ1n) is 9.83. The number of alkyl halides is 3. The lowest BCUT2D eigenvalue weighted by atomic mass is 9.87. The van der Waals surface area contributed by atoms with E-state index in [1.54, 1.807) is 0 Å². The number of piperidine rings is 1. The number of rotatable bonds is 2. The van der Waals surface area contributed by atoms with Crippen LogP contribution in [-0.4, -0.2) is 67.6 Å². The van der Waals surface area contributed by atoms with E-state index in [0.29, 0.717) is 30.6 Å². The van der Waals surface area contributed by atoms with E-state index in [9.17, 15) is 13.2 Å². The summed E-state index contributed by atoms with van der Waals surface area (Å²) in [5, 5.41) is 6.58. The molecule has 144 valence electrons. The third-order valence-corrected chi connectivity index (χ3v) is 6.94. The summed E-state index contributed by atoms with van der Waals surface area (Å²) in [5.74, 6) is 0.668. The van der Waals surface area contributed by atoms with Crippen molar-refractivity contribution in [1.29, 1.82) is 0 Å². The van der Waals surface area contributed by atoms with Crippen LogP contribution in [0.4, 0.5) is 13.2 Å². The molecule has 0 aromatic rings. The quantitative estimate of drug-likeness (QED) is 0.790. The molecule has 4 rings (SSSR count). The maximum absolute atomic E-state index is 13.0. The molecule has 0 aromatic heterocycles. The Kier molecular flexibility index (Phi) is 5.03. The molecule has 4 fully saturated rings. The van der Waals surface area contributed by atoms with Crippen LogP contribution < -0.4 is 10.6 Å². The minimum absolute atomic E-state index is 0.0729. The Bertz CT molecular complexity index is 469. The van der Waals surface area contributed by atoms with Gasteiger partial charge in [-0.25, -0.2) is 0 Å². The fraction of sp³-hybridized carbons (Fsp3) is 1.00. The lowest BCUT2D eigenvalue weighted by molar-refractivity contribution is -0.167. The highest BCUT2D eigenvalue weighted by Gasteiger charge is 2.50. The molecule has 0 spiro atoms. The van der Waals surface area contributed by atoms with Crippen molar-refractivity contribution in [3.8, 4) is 0 Å². The standard InChI is InChI=1S/C18H30F3N3O/c1-11-7-17(18(19,20)21)22-9-16(11)24-5-4-13-15(24)8-14(23-13)12-3-2-6-25-10-12/h11-17,22-23H,2-10H2,1H3. The van der Waals surface area contributed by atoms with Crippen LogP contribution >= 0.6 is 0 Å². The Hall–Kier alpha value is -0.370. The van der Waals surface area contributed by atoms with Gasteiger partial charge in [0.15, 0.2) is 0 Å². The van der Waals surface area contributed by atoms with Gasteiger partial charge in [0, 0.05) is 43.9 Å². The molecule has 7 atom stereocenters. The molecule has 0 amide bonds. The Morgan fingerprint density at radius 1 is 1.08 bits per heavy atom. The van der Waals surface area contributed by atoms with Gasteiger partial charge < -0.3 is 15.4 Å². The maximum atomic E-state index is 13.0. The average Bonchev–Trinajstić information content (AvgIpc) is 3.15. The molecule has 7 heteroatoms. The number of fused-ring (bicyclic) bond motifs is 1. The summed E-state index contributed by atoms with van der Waals surface area (Å²) >= 11 is 0. The van der Waals surface area contributed by atoms with E-state index in [0.717, 1.165) is 39.0 Å². The third kappa shape index (κ3) is 3.57. The average molecular weight is 361 g/mol. The summed E-state index contributed by atoms with van der Waals surface area (Å²) in [4.78, 5) is 2.51. The van der Waals surface area contributed by atoms with E-state index in [1.807, 2.05) is 6.92 Å². The van der Waals surface area contributed by atoms with E-state index < -0.39 is 12.2 Å². The number of nitrogens with zero attached hydrogens (tertiary/aromatic N) is 1. The Morgan fingerprint density at radius 2 is 1.92 bits per heavy atom. The van der Waals surface area contributed by atoms with Crippen molar-refractivity contribution in [2.45, 2.75) is 75.4 Å². The first-order valence-corrected chi connectivity index (χ1v) is 9.83. The zero-order valence-corrected chi connectivity index (χ0v) is 14.9. The van der Waals surface area contributed by atoms with Crippen molar-refractivity contribution in [3.05, 3.63) is 0 Å². The lowest BCUT2D eigenvalue weighted by Gasteiger charge is -2.43. The van der Waals surface area contributed by atoms with Crippen LogP contribution in [-0.2, 0) is 4.74 Å². The highest BCUT2D eigenvalue weighted by atomic mass is 19.4. The third-order valence-electron chi connectivity index (χ3n) is 6.94. The second kappa shape index (κ2) is 6.98. The predicted octanol–water partition coefficient (Wildman–Crippen LogP) is 2.15. The second-order valence-electron chi connectivity index (χ2n) is 8.47. The van der Waals surface area contributed by atoms with Gasteiger partial charge in [-0.3, -0.25) is 4.90 Å². The van der Waals surface area contributed by atoms with Gasteiger partial charge in [0.2, 0.25) is 0 Å². The van der Waals surface area contributed by atoms with E-state index in [2.05, 4.69) is 15.5 Å². The minimum Gasteiger partial charge on any atom is -0.381 e. The molecule has 0 saturated carbocycles. The summed E-state index contributed by atoms with van der Waals surface area (Å²) in [6.45, 7) is 5.18. The summed E-state index contributed by atoms with van der Waals surface area (Å²) in [6.07, 6.45) is 0.657. The van der Waals surface area contributed by atoms with Crippen molar-refractivity contribution < 1.29 is 17.9 Å². The van der Waals surface area contributed by atoms with Crippen LogP contribution in [0, 0.1) is 11.8 Å². The first-order chi connectivity index (χ1) is 11.9. The van der Waals surface area contributed by atoms with Gasteiger partial charge in [-0.1, -0.05) is 6.92 Å². The molecule has 7 unspecified atom stereocenters. The molecular formula is C18H30F3N3O. The van der Waals surface area contributed by atoms with E-state index in [1.165, 1.54) is 6.42 Å². The second-order valence-corrected chi connectivity index (χ2v) is 8.47. The summed E-state index contributed by atoms with van der Waals surface area (Å²) < 4.78 is 44.6. The molecule has 0 aromatic carbocycles. The number of halogens is 3. The molecule has 2 N–H and O–H groups in total. The van der Waals surface area contributed by atoms with Crippen LogP contribution in [0.15, 0.2) is 0 Å². The van der Waals surface area contributed by atoms with Gasteiger partial charge in [0.25, 0.3) is 0 Å². The monoisotopic (exact) mass is 361 g/mol. The van der Waals surface area contributed by atoms with E-state index in [-0.39, 0.29) is 18.4 Å². The largest absolute Gasteiger partial charge is 0.403 e. The number of hydrogen-bond donors (Lipinski definition) is 2. The number of likely N-dealkylation sites (tertiary alicyclic amines) is 1. The Labute approximate surface area is 147 Å². The predicted molar refractivity (Wildman–Crippen MR) is 89.4 cm³/mol. The summed E-state index contributed by atoms with van der Waals surface area (Å²) in [5.41, 5.74) is 0. The van der Waals surface area contributed by atoms with Gasteiger partial charge in [-0.15, -0.1) is 0 Å². The molecule has 4 saturated heterocycles. The van der Waals surface area contributed by atoms with Gasteiger partial charge >= 0.3 is 6.18 Å². The molecule has 4 heterocycles. The van der Waals surface area contributed by atoms with Crippen molar-refractivity contribution in [2.24, 2.45) is 11.8 Å². The molecule has 4 nitrogen and oxygen atoms in total. The molecule has 0 radical (unpaired) electrons. The number of ether oxygens (including phenoxy) is 1. The highest BCUT2D eigenvalue weighted by molar-refractivity contribution is 5.06. The van der Waals surface area contributed by atoms with Crippen LogP contribution in [0.2, 0.25) is 0 Å². The Morgan fingerprint density at radius 3 is 2.60 bits per heavy atom. The summed E-state index contributed by atoms with van der Waals surface area (Å²) in [7, 11) is 0. The highest BCUT2D eigenvalue weighted by Crippen LogP contribution is 2.38. The Balaban J connectivity index is 1.37. The van der Waals surface area contributed by atoms with Gasteiger partial charge in [-0.05, 0) is 43.9 Å². The van der Waals surface area contributed by atoms with Crippen molar-refractivity contribution >= 4 is 0 Å². The fourth-order valence-electron chi connectivity index (χ4n) is 5.57. The van der Waals surface area contributed by atoms with Gasteiger partial charge in [0.1, 0.15) is 6.04 Å². The maximum Gasteiger partial charge on any atom is 0.403 e. The van der Waals surface area contributed by atoms with Crippen molar-refractivity contribution in [2.75, 3.05) is 26.3 Å². The molecule has 4 aliphatic rings. The lowest BCUT2D eigenvalue weighted by Crippen LogP contribution is -2.59. The van der Waals surface area contributed by atoms with Crippen LogP contribution in [0.1, 0.15) is 39.0 Å². The molecule has 4 aliphatic heterocycles. The van der Waals surface area contributed by atoms with Crippen LogP contribution in [0.3, 0.4) is 0 Å². The zero-order valence-electron chi connectivity index (χ0n) is 14.9. The number of hydrogen-bond acceptors (Lipinski definition) is 4. The molecule has 25 heavy (non-hydrogen) atoms. The van der Waals surface area contributed by atoms with Gasteiger partial charge in [-0.2, -0.15) is 13.2 Å². The van der Waals surface area contributed by atoms with Crippen molar-refractivity contribution in [3.63, 3.8) is 0 Å². The van der Waals surface area contributed by atoms with Crippen LogP contribution in [0.5, 0.6) is 0 Å². The zero-order chi connectivity index (χ0) is 17.6. The van der Waals surface area contributed by atoms with Gasteiger partial charge in [0.05, 0.1) is 6.61 Å². The molecular weight excluding hydrogens is 331 g/mol. The van der Waals surface area contributed by atoms with Crippen LogP contribution in [0.25, 0.3) is 0 Å². The van der Waals surface area contributed by atoms with E-state index in [4.69, 9.17) is 4.74 Å². The molecule has 0 aliphatic carbocycles. The normalized spacial score (nSPS) is 46.3. The van der Waals surface area contributed by atoms with Crippen molar-refractivity contribution in [1.82, 2.24) is 15.5 Å². The number of nitrogens with one attached hydrogen (secondary N) is 2. The SMILES string of the molecule is CC1CC(C(F)(F)F)NCC1N1CCC2NC(C3CCCOC3)CC21. The smallest absolute Gasteiger partial charge is 0.381 e. The summed E-state index contributed by atoms with van der Waals surface area (Å²) in [6, 6.07) is 0.360. The van der Waals surface area contributed by atoms with E-state index >= 15 is 0 Å².